The van der Waals surface area contributed by atoms with Crippen LogP contribution in [0.25, 0.3) is 0 Å². The molecule has 0 aromatic rings. The normalized spacial score (nSPS) is 14.9. The second-order valence-corrected chi connectivity index (χ2v) is 3.66. The van der Waals surface area contributed by atoms with Crippen LogP contribution < -0.4 is 0 Å². The molecule has 0 bridgehead atoms. The largest absolute Gasteiger partial charge is 0.454 e. The maximum Gasteiger partial charge on any atom is 0.309 e. The Balaban J connectivity index is 4.09. The molecule has 0 saturated carbocycles. The topological polar surface area (TPSA) is 26.3 Å². The van der Waals surface area contributed by atoms with Crippen LogP contribution in [0.4, 0.5) is 0 Å². The smallest absolute Gasteiger partial charge is 0.309 e. The molecule has 0 aromatic heterocycles. The van der Waals surface area contributed by atoms with Gasteiger partial charge in [-0.05, 0) is 25.0 Å². The van der Waals surface area contributed by atoms with Gasteiger partial charge in [0.1, 0.15) is 6.10 Å². The quantitative estimate of drug-likeness (QED) is 0.475. The van der Waals surface area contributed by atoms with E-state index in [4.69, 9.17) is 4.74 Å². The van der Waals surface area contributed by atoms with Crippen molar-refractivity contribution in [2.24, 2.45) is 5.92 Å². The molecule has 0 amide bonds. The van der Waals surface area contributed by atoms with Crippen LogP contribution in [0.15, 0.2) is 24.8 Å². The minimum Gasteiger partial charge on any atom is -0.454 e. The van der Waals surface area contributed by atoms with Crippen LogP contribution in [0, 0.1) is 5.92 Å². The minimum atomic E-state index is -0.280. The molecule has 0 aromatic carbocycles. The summed E-state index contributed by atoms with van der Waals surface area (Å²) >= 11 is 0. The van der Waals surface area contributed by atoms with Crippen LogP contribution in [0.3, 0.4) is 0 Å². The first-order chi connectivity index (χ1) is 7.15. The van der Waals surface area contributed by atoms with Crippen LogP contribution in [0.2, 0.25) is 0 Å². The number of carbonyl (C=O) groups excluding carboxylic acids is 1. The van der Waals surface area contributed by atoms with Crippen molar-refractivity contribution in [3.63, 3.8) is 0 Å². The summed E-state index contributed by atoms with van der Waals surface area (Å²) in [5, 5.41) is 0. The standard InChI is InChI=1S/C13H22O2/c1-5-8-9-10-12(7-3)15-13(14)11(4)6-2/h7,9-12H,3,5-6,8H2,1-2,4H3/b10-9+. The van der Waals surface area contributed by atoms with Crippen molar-refractivity contribution in [2.45, 2.75) is 46.1 Å². The number of unbranched alkanes of at least 4 members (excludes halogenated alkanes) is 1. The third kappa shape index (κ3) is 6.10. The van der Waals surface area contributed by atoms with Crippen LogP contribution in [-0.4, -0.2) is 12.1 Å². The molecular weight excluding hydrogens is 188 g/mol. The van der Waals surface area contributed by atoms with Gasteiger partial charge in [-0.15, -0.1) is 0 Å². The Bertz CT molecular complexity index is 219. The molecule has 0 N–H and O–H groups in total. The van der Waals surface area contributed by atoms with Crippen molar-refractivity contribution < 1.29 is 9.53 Å². The fraction of sp³-hybridized carbons (Fsp3) is 0.615. The van der Waals surface area contributed by atoms with Gasteiger partial charge in [-0.3, -0.25) is 4.79 Å². The number of hydrogen-bond acceptors (Lipinski definition) is 2. The molecule has 0 radical (unpaired) electrons. The fourth-order valence-corrected chi connectivity index (χ4v) is 0.980. The molecule has 2 heteroatoms. The summed E-state index contributed by atoms with van der Waals surface area (Å²) in [5.74, 6) is -0.185. The number of carbonyl (C=O) groups is 1. The van der Waals surface area contributed by atoms with Crippen LogP contribution >= 0.6 is 0 Å². The Kier molecular flexibility index (Phi) is 7.69. The molecule has 2 unspecified atom stereocenters. The van der Waals surface area contributed by atoms with E-state index in [-0.39, 0.29) is 18.0 Å². The first-order valence-corrected chi connectivity index (χ1v) is 5.65. The first kappa shape index (κ1) is 13.9. The minimum absolute atomic E-state index is 0.0352. The molecule has 2 nitrogen and oxygen atoms in total. The van der Waals surface area contributed by atoms with Crippen molar-refractivity contribution in [3.05, 3.63) is 24.8 Å². The average molecular weight is 210 g/mol. The van der Waals surface area contributed by atoms with E-state index in [0.29, 0.717) is 0 Å². The van der Waals surface area contributed by atoms with Gasteiger partial charge in [0.2, 0.25) is 0 Å². The fourth-order valence-electron chi connectivity index (χ4n) is 0.980. The number of ether oxygens (including phenoxy) is 1. The van der Waals surface area contributed by atoms with Crippen molar-refractivity contribution in [1.82, 2.24) is 0 Å². The Morgan fingerprint density at radius 1 is 1.47 bits per heavy atom. The van der Waals surface area contributed by atoms with Gasteiger partial charge >= 0.3 is 5.97 Å². The maximum absolute atomic E-state index is 11.5. The van der Waals surface area contributed by atoms with Gasteiger partial charge in [0.25, 0.3) is 0 Å². The first-order valence-electron chi connectivity index (χ1n) is 5.65. The number of hydrogen-bond donors (Lipinski definition) is 0. The van der Waals surface area contributed by atoms with Crippen LogP contribution in [-0.2, 0) is 9.53 Å². The van der Waals surface area contributed by atoms with Crippen molar-refractivity contribution in [1.29, 1.82) is 0 Å². The Labute approximate surface area is 93.0 Å². The van der Waals surface area contributed by atoms with E-state index in [1.54, 1.807) is 6.08 Å². The van der Waals surface area contributed by atoms with Gasteiger partial charge in [0.15, 0.2) is 0 Å². The van der Waals surface area contributed by atoms with Gasteiger partial charge < -0.3 is 4.74 Å². The zero-order chi connectivity index (χ0) is 11.7. The molecule has 0 spiro atoms. The van der Waals surface area contributed by atoms with E-state index < -0.39 is 0 Å². The number of rotatable bonds is 7. The molecule has 0 fully saturated rings. The lowest BCUT2D eigenvalue weighted by Gasteiger charge is -2.13. The molecule has 0 rings (SSSR count). The molecule has 86 valence electrons. The van der Waals surface area contributed by atoms with Crippen LogP contribution in [0.5, 0.6) is 0 Å². The lowest BCUT2D eigenvalue weighted by atomic mass is 10.1. The summed E-state index contributed by atoms with van der Waals surface area (Å²) in [6.45, 7) is 9.61. The number of allylic oxidation sites excluding steroid dienone is 1. The van der Waals surface area contributed by atoms with Gasteiger partial charge in [0, 0.05) is 0 Å². The van der Waals surface area contributed by atoms with E-state index in [9.17, 15) is 4.79 Å². The maximum atomic E-state index is 11.5. The van der Waals surface area contributed by atoms with E-state index in [1.165, 1.54) is 0 Å². The third-order valence-electron chi connectivity index (χ3n) is 2.28. The van der Waals surface area contributed by atoms with Crippen molar-refractivity contribution >= 4 is 5.97 Å². The molecular formula is C13H22O2. The second kappa shape index (κ2) is 8.27. The molecule has 0 aliphatic carbocycles. The monoisotopic (exact) mass is 210 g/mol. The van der Waals surface area contributed by atoms with E-state index in [0.717, 1.165) is 19.3 Å². The molecule has 0 saturated heterocycles. The van der Waals surface area contributed by atoms with E-state index in [2.05, 4.69) is 13.5 Å². The molecule has 0 aliphatic heterocycles. The summed E-state index contributed by atoms with van der Waals surface area (Å²) in [5.41, 5.74) is 0. The van der Waals surface area contributed by atoms with Gasteiger partial charge in [-0.1, -0.05) is 39.8 Å². The van der Waals surface area contributed by atoms with Gasteiger partial charge in [0.05, 0.1) is 5.92 Å². The molecule has 2 atom stereocenters. The van der Waals surface area contributed by atoms with E-state index >= 15 is 0 Å². The summed E-state index contributed by atoms with van der Waals surface area (Å²) in [6, 6.07) is 0. The van der Waals surface area contributed by atoms with Gasteiger partial charge in [-0.2, -0.15) is 0 Å². The lowest BCUT2D eigenvalue weighted by molar-refractivity contribution is -0.149. The summed E-state index contributed by atoms with van der Waals surface area (Å²) in [4.78, 5) is 11.5. The Morgan fingerprint density at radius 2 is 2.13 bits per heavy atom. The molecule has 0 aliphatic rings. The summed E-state index contributed by atoms with van der Waals surface area (Å²) in [6.07, 6.45) is 8.18. The van der Waals surface area contributed by atoms with Crippen LogP contribution in [0.1, 0.15) is 40.0 Å². The molecule has 0 heterocycles. The highest BCUT2D eigenvalue weighted by Crippen LogP contribution is 2.07. The Hall–Kier alpha value is -1.05. The number of esters is 1. The summed E-state index contributed by atoms with van der Waals surface area (Å²) < 4.78 is 5.26. The van der Waals surface area contributed by atoms with E-state index in [1.807, 2.05) is 26.0 Å². The third-order valence-corrected chi connectivity index (χ3v) is 2.28. The highest BCUT2D eigenvalue weighted by atomic mass is 16.5. The lowest BCUT2D eigenvalue weighted by Crippen LogP contribution is -2.19. The van der Waals surface area contributed by atoms with Gasteiger partial charge in [-0.25, -0.2) is 0 Å². The highest BCUT2D eigenvalue weighted by molar-refractivity contribution is 5.72. The summed E-state index contributed by atoms with van der Waals surface area (Å²) in [7, 11) is 0. The molecule has 15 heavy (non-hydrogen) atoms. The zero-order valence-electron chi connectivity index (χ0n) is 10.0. The van der Waals surface area contributed by atoms with Crippen molar-refractivity contribution in [2.75, 3.05) is 0 Å². The Morgan fingerprint density at radius 3 is 2.60 bits per heavy atom. The highest BCUT2D eigenvalue weighted by Gasteiger charge is 2.14. The predicted octanol–water partition coefficient (Wildman–Crippen LogP) is 3.49. The zero-order valence-corrected chi connectivity index (χ0v) is 10.0. The SMILES string of the molecule is C=CC(/C=C/CCC)OC(=O)C(C)CC. The second-order valence-electron chi connectivity index (χ2n) is 3.66. The average Bonchev–Trinajstić information content (AvgIpc) is 2.26. The predicted molar refractivity (Wildman–Crippen MR) is 63.6 cm³/mol. The van der Waals surface area contributed by atoms with Crippen molar-refractivity contribution in [3.8, 4) is 0 Å².